The molecule has 3 N–H and O–H groups in total. The first-order valence-electron chi connectivity index (χ1n) is 6.68. The molecule has 0 spiro atoms. The van der Waals surface area contributed by atoms with Gasteiger partial charge in [-0.2, -0.15) is 11.8 Å². The minimum absolute atomic E-state index is 0.786. The lowest BCUT2D eigenvalue weighted by Crippen LogP contribution is -2.03. The SMILES string of the molecule is CSCCCCCNc1ccc(N)c2cnccc12. The Morgan fingerprint density at radius 1 is 1.16 bits per heavy atom. The second-order valence-corrected chi connectivity index (χ2v) is 5.59. The van der Waals surface area contributed by atoms with Crippen LogP contribution in [0.1, 0.15) is 19.3 Å². The number of benzene rings is 1. The predicted molar refractivity (Wildman–Crippen MR) is 86.9 cm³/mol. The summed E-state index contributed by atoms with van der Waals surface area (Å²) in [6.45, 7) is 1.01. The maximum atomic E-state index is 5.96. The Hall–Kier alpha value is -1.42. The van der Waals surface area contributed by atoms with Gasteiger partial charge in [0.2, 0.25) is 0 Å². The molecule has 3 nitrogen and oxygen atoms in total. The van der Waals surface area contributed by atoms with Gasteiger partial charge in [0, 0.05) is 41.1 Å². The van der Waals surface area contributed by atoms with Crippen LogP contribution in [-0.2, 0) is 0 Å². The van der Waals surface area contributed by atoms with Crippen molar-refractivity contribution in [1.82, 2.24) is 4.98 Å². The zero-order valence-electron chi connectivity index (χ0n) is 11.4. The number of unbranched alkanes of at least 4 members (excludes halogenated alkanes) is 2. The monoisotopic (exact) mass is 275 g/mol. The lowest BCUT2D eigenvalue weighted by Gasteiger charge is -2.11. The highest BCUT2D eigenvalue weighted by atomic mass is 32.2. The van der Waals surface area contributed by atoms with Crippen LogP contribution in [0.2, 0.25) is 0 Å². The summed E-state index contributed by atoms with van der Waals surface area (Å²) in [7, 11) is 0. The third-order valence-electron chi connectivity index (χ3n) is 3.19. The summed E-state index contributed by atoms with van der Waals surface area (Å²) < 4.78 is 0. The number of thioether (sulfide) groups is 1. The predicted octanol–water partition coefficient (Wildman–Crippen LogP) is 3.76. The Labute approximate surface area is 119 Å². The first kappa shape index (κ1) is 14.0. The van der Waals surface area contributed by atoms with Crippen molar-refractivity contribution in [2.75, 3.05) is 29.6 Å². The van der Waals surface area contributed by atoms with E-state index in [2.05, 4.69) is 22.6 Å². The molecule has 0 amide bonds. The number of nitrogens with zero attached hydrogens (tertiary/aromatic N) is 1. The number of anilines is 2. The number of nitrogens with one attached hydrogen (secondary N) is 1. The molecular formula is C15H21N3S. The van der Waals surface area contributed by atoms with Crippen molar-refractivity contribution >= 4 is 33.9 Å². The van der Waals surface area contributed by atoms with Gasteiger partial charge in [0.1, 0.15) is 0 Å². The van der Waals surface area contributed by atoms with Gasteiger partial charge in [-0.05, 0) is 43.0 Å². The lowest BCUT2D eigenvalue weighted by atomic mass is 10.1. The van der Waals surface area contributed by atoms with Gasteiger partial charge in [-0.1, -0.05) is 6.42 Å². The fourth-order valence-corrected chi connectivity index (χ4v) is 2.63. The molecule has 0 unspecified atom stereocenters. The van der Waals surface area contributed by atoms with Crippen LogP contribution >= 0.6 is 11.8 Å². The van der Waals surface area contributed by atoms with E-state index in [9.17, 15) is 0 Å². The molecule has 2 aromatic rings. The zero-order valence-corrected chi connectivity index (χ0v) is 12.2. The summed E-state index contributed by atoms with van der Waals surface area (Å²) in [5.41, 5.74) is 7.90. The molecular weight excluding hydrogens is 254 g/mol. The molecule has 0 saturated heterocycles. The summed E-state index contributed by atoms with van der Waals surface area (Å²) in [6.07, 6.45) is 9.58. The highest BCUT2D eigenvalue weighted by Crippen LogP contribution is 2.27. The standard InChI is InChI=1S/C15H21N3S/c1-19-10-4-2-3-8-18-15-6-5-14(16)13-11-17-9-7-12(13)15/h5-7,9,11,18H,2-4,8,10,16H2,1H3. The maximum absolute atomic E-state index is 5.96. The Bertz CT molecular complexity index is 528. The number of hydrogen-bond donors (Lipinski definition) is 2. The van der Waals surface area contributed by atoms with E-state index in [1.807, 2.05) is 36.3 Å². The number of rotatable bonds is 7. The van der Waals surface area contributed by atoms with Crippen LogP contribution in [0.5, 0.6) is 0 Å². The first-order chi connectivity index (χ1) is 9.33. The third kappa shape index (κ3) is 3.77. The van der Waals surface area contributed by atoms with Gasteiger partial charge in [0.15, 0.2) is 0 Å². The molecule has 1 heterocycles. The quantitative estimate of drug-likeness (QED) is 0.596. The minimum atomic E-state index is 0.786. The Morgan fingerprint density at radius 2 is 2.05 bits per heavy atom. The topological polar surface area (TPSA) is 50.9 Å². The number of aromatic nitrogens is 1. The van der Waals surface area contributed by atoms with Crippen LogP contribution < -0.4 is 11.1 Å². The van der Waals surface area contributed by atoms with Crippen LogP contribution in [0.25, 0.3) is 10.8 Å². The number of nitrogen functional groups attached to an aromatic ring is 1. The molecule has 1 aromatic heterocycles. The van der Waals surface area contributed by atoms with Gasteiger partial charge in [-0.25, -0.2) is 0 Å². The lowest BCUT2D eigenvalue weighted by molar-refractivity contribution is 0.750. The second kappa shape index (κ2) is 7.24. The van der Waals surface area contributed by atoms with E-state index in [4.69, 9.17) is 5.73 Å². The Kier molecular flexibility index (Phi) is 5.33. The number of pyridine rings is 1. The van der Waals surface area contributed by atoms with Gasteiger partial charge in [0.25, 0.3) is 0 Å². The highest BCUT2D eigenvalue weighted by Gasteiger charge is 2.03. The van der Waals surface area contributed by atoms with Crippen molar-refractivity contribution in [3.8, 4) is 0 Å². The molecule has 0 radical (unpaired) electrons. The number of fused-ring (bicyclic) bond motifs is 1. The summed E-state index contributed by atoms with van der Waals surface area (Å²) in [6, 6.07) is 6.02. The van der Waals surface area contributed by atoms with Gasteiger partial charge in [-0.15, -0.1) is 0 Å². The molecule has 0 aliphatic heterocycles. The second-order valence-electron chi connectivity index (χ2n) is 4.60. The Morgan fingerprint density at radius 3 is 2.89 bits per heavy atom. The molecule has 0 saturated carbocycles. The van der Waals surface area contributed by atoms with E-state index in [0.717, 1.165) is 28.7 Å². The fraction of sp³-hybridized carbons (Fsp3) is 0.400. The first-order valence-corrected chi connectivity index (χ1v) is 8.07. The van der Waals surface area contributed by atoms with Gasteiger partial charge < -0.3 is 11.1 Å². The molecule has 19 heavy (non-hydrogen) atoms. The van der Waals surface area contributed by atoms with Gasteiger partial charge in [0.05, 0.1) is 0 Å². The molecule has 1 aromatic carbocycles. The third-order valence-corrected chi connectivity index (χ3v) is 3.89. The molecule has 102 valence electrons. The van der Waals surface area contributed by atoms with E-state index in [1.54, 1.807) is 0 Å². The van der Waals surface area contributed by atoms with Crippen LogP contribution in [-0.4, -0.2) is 23.5 Å². The van der Waals surface area contributed by atoms with E-state index in [1.165, 1.54) is 25.0 Å². The average molecular weight is 275 g/mol. The minimum Gasteiger partial charge on any atom is -0.398 e. The average Bonchev–Trinajstić information content (AvgIpc) is 2.45. The van der Waals surface area contributed by atoms with E-state index < -0.39 is 0 Å². The fourth-order valence-electron chi connectivity index (χ4n) is 2.14. The van der Waals surface area contributed by atoms with Gasteiger partial charge >= 0.3 is 0 Å². The maximum Gasteiger partial charge on any atom is 0.0422 e. The summed E-state index contributed by atoms with van der Waals surface area (Å²) in [5.74, 6) is 1.26. The Balaban J connectivity index is 1.96. The van der Waals surface area contributed by atoms with Crippen LogP contribution in [0.15, 0.2) is 30.6 Å². The molecule has 4 heteroatoms. The van der Waals surface area contributed by atoms with Crippen molar-refractivity contribution in [3.63, 3.8) is 0 Å². The molecule has 2 rings (SSSR count). The summed E-state index contributed by atoms with van der Waals surface area (Å²) in [4.78, 5) is 4.13. The largest absolute Gasteiger partial charge is 0.398 e. The number of nitrogens with two attached hydrogens (primary N) is 1. The van der Waals surface area contributed by atoms with E-state index in [0.29, 0.717) is 0 Å². The molecule has 0 aliphatic rings. The molecule has 0 aliphatic carbocycles. The van der Waals surface area contributed by atoms with Crippen molar-refractivity contribution in [2.24, 2.45) is 0 Å². The van der Waals surface area contributed by atoms with E-state index in [-0.39, 0.29) is 0 Å². The van der Waals surface area contributed by atoms with Crippen LogP contribution in [0, 0.1) is 0 Å². The molecule has 0 fully saturated rings. The molecule has 0 bridgehead atoms. The smallest absolute Gasteiger partial charge is 0.0422 e. The number of hydrogen-bond acceptors (Lipinski definition) is 4. The van der Waals surface area contributed by atoms with Crippen molar-refractivity contribution in [3.05, 3.63) is 30.6 Å². The van der Waals surface area contributed by atoms with Crippen LogP contribution in [0.4, 0.5) is 11.4 Å². The molecule has 0 atom stereocenters. The van der Waals surface area contributed by atoms with Gasteiger partial charge in [-0.3, -0.25) is 4.98 Å². The van der Waals surface area contributed by atoms with Crippen molar-refractivity contribution in [1.29, 1.82) is 0 Å². The normalized spacial score (nSPS) is 10.8. The highest BCUT2D eigenvalue weighted by molar-refractivity contribution is 7.98. The summed E-state index contributed by atoms with van der Waals surface area (Å²) >= 11 is 1.92. The zero-order chi connectivity index (χ0) is 13.5. The van der Waals surface area contributed by atoms with E-state index >= 15 is 0 Å². The van der Waals surface area contributed by atoms with Crippen LogP contribution in [0.3, 0.4) is 0 Å². The van der Waals surface area contributed by atoms with Crippen molar-refractivity contribution in [2.45, 2.75) is 19.3 Å². The summed E-state index contributed by atoms with van der Waals surface area (Å²) in [5, 5.41) is 5.68. The van der Waals surface area contributed by atoms with Crippen molar-refractivity contribution < 1.29 is 0 Å².